The molecule has 1 aliphatic heterocycles. The van der Waals surface area contributed by atoms with E-state index in [1.54, 1.807) is 11.3 Å². The first-order valence-corrected chi connectivity index (χ1v) is 8.80. The summed E-state index contributed by atoms with van der Waals surface area (Å²) >= 11 is 1.57. The number of H-pyrrole nitrogens is 1. The van der Waals surface area contributed by atoms with Crippen LogP contribution in [0.5, 0.6) is 0 Å². The molecule has 116 valence electrons. The monoisotopic (exact) mass is 316 g/mol. The number of nitrogens with zero attached hydrogens (tertiary/aromatic N) is 3. The normalized spacial score (nSPS) is 22.0. The van der Waals surface area contributed by atoms with Crippen molar-refractivity contribution in [2.45, 2.75) is 44.4 Å². The van der Waals surface area contributed by atoms with E-state index >= 15 is 0 Å². The third-order valence-corrected chi connectivity index (χ3v) is 5.50. The Balaban J connectivity index is 1.47. The van der Waals surface area contributed by atoms with Crippen LogP contribution in [0, 0.1) is 6.92 Å². The van der Waals surface area contributed by atoms with Crippen LogP contribution in [0.3, 0.4) is 0 Å². The van der Waals surface area contributed by atoms with Gasteiger partial charge in [0.25, 0.3) is 5.91 Å². The molecule has 1 saturated carbocycles. The quantitative estimate of drug-likeness (QED) is 0.946. The summed E-state index contributed by atoms with van der Waals surface area (Å²) < 4.78 is 0. The SMILES string of the molecule is Cc1ccc(C(=O)N2CCC[C@@H](c3n[nH]c(C4CC4)n3)C2)s1. The van der Waals surface area contributed by atoms with Crippen LogP contribution in [0.2, 0.25) is 0 Å². The van der Waals surface area contributed by atoms with Crippen molar-refractivity contribution in [1.82, 2.24) is 20.1 Å². The summed E-state index contributed by atoms with van der Waals surface area (Å²) in [4.78, 5) is 21.3. The minimum absolute atomic E-state index is 0.153. The van der Waals surface area contributed by atoms with Crippen molar-refractivity contribution in [3.05, 3.63) is 33.5 Å². The summed E-state index contributed by atoms with van der Waals surface area (Å²) in [7, 11) is 0. The summed E-state index contributed by atoms with van der Waals surface area (Å²) in [6, 6.07) is 3.94. The van der Waals surface area contributed by atoms with E-state index in [4.69, 9.17) is 0 Å². The third-order valence-electron chi connectivity index (χ3n) is 4.51. The molecule has 2 aliphatic rings. The van der Waals surface area contributed by atoms with Gasteiger partial charge in [-0.15, -0.1) is 11.3 Å². The van der Waals surface area contributed by atoms with Crippen LogP contribution in [0.15, 0.2) is 12.1 Å². The molecule has 1 atom stereocenters. The molecular formula is C16H20N4OS. The van der Waals surface area contributed by atoms with Gasteiger partial charge in [0.1, 0.15) is 5.82 Å². The maximum Gasteiger partial charge on any atom is 0.263 e. The Hall–Kier alpha value is -1.69. The number of likely N-dealkylation sites (tertiary alicyclic amines) is 1. The second-order valence-electron chi connectivity index (χ2n) is 6.35. The highest BCUT2D eigenvalue weighted by molar-refractivity contribution is 7.13. The van der Waals surface area contributed by atoms with Gasteiger partial charge in [-0.1, -0.05) is 0 Å². The highest BCUT2D eigenvalue weighted by Crippen LogP contribution is 2.38. The Morgan fingerprint density at radius 1 is 1.32 bits per heavy atom. The Morgan fingerprint density at radius 3 is 2.91 bits per heavy atom. The predicted molar refractivity (Wildman–Crippen MR) is 85.3 cm³/mol. The maximum absolute atomic E-state index is 12.6. The van der Waals surface area contributed by atoms with Crippen molar-refractivity contribution in [3.63, 3.8) is 0 Å². The zero-order valence-electron chi connectivity index (χ0n) is 12.7. The zero-order valence-corrected chi connectivity index (χ0v) is 13.5. The number of hydrogen-bond donors (Lipinski definition) is 1. The summed E-state index contributed by atoms with van der Waals surface area (Å²) in [5, 5.41) is 7.48. The van der Waals surface area contributed by atoms with E-state index in [2.05, 4.69) is 15.2 Å². The van der Waals surface area contributed by atoms with E-state index in [-0.39, 0.29) is 11.8 Å². The fraction of sp³-hybridized carbons (Fsp3) is 0.562. The molecule has 6 heteroatoms. The number of piperidine rings is 1. The molecule has 0 aromatic carbocycles. The largest absolute Gasteiger partial charge is 0.337 e. The lowest BCUT2D eigenvalue weighted by Gasteiger charge is -2.31. The van der Waals surface area contributed by atoms with Gasteiger partial charge in [-0.3, -0.25) is 9.89 Å². The number of thiophene rings is 1. The molecule has 2 fully saturated rings. The molecule has 4 rings (SSSR count). The number of rotatable bonds is 3. The van der Waals surface area contributed by atoms with E-state index in [1.165, 1.54) is 17.7 Å². The highest BCUT2D eigenvalue weighted by Gasteiger charge is 2.31. The standard InChI is InChI=1S/C16H20N4OS/c1-10-4-7-13(22-10)16(21)20-8-2-3-12(9-20)15-17-14(18-19-15)11-5-6-11/h4,7,11-12H,2-3,5-6,8-9H2,1H3,(H,17,18,19)/t12-/m1/s1. The van der Waals surface area contributed by atoms with Gasteiger partial charge in [-0.05, 0) is 44.7 Å². The van der Waals surface area contributed by atoms with Crippen molar-refractivity contribution < 1.29 is 4.79 Å². The molecule has 0 bridgehead atoms. The van der Waals surface area contributed by atoms with Crippen LogP contribution >= 0.6 is 11.3 Å². The molecule has 1 aliphatic carbocycles. The molecule has 5 nitrogen and oxygen atoms in total. The third kappa shape index (κ3) is 2.67. The molecule has 0 radical (unpaired) electrons. The average molecular weight is 316 g/mol. The van der Waals surface area contributed by atoms with Gasteiger partial charge in [-0.2, -0.15) is 5.10 Å². The molecule has 2 aromatic rings. The number of aryl methyl sites for hydroxylation is 1. The molecule has 2 aromatic heterocycles. The predicted octanol–water partition coefficient (Wildman–Crippen LogP) is 3.07. The number of carbonyl (C=O) groups excluding carboxylic acids is 1. The van der Waals surface area contributed by atoms with Gasteiger partial charge >= 0.3 is 0 Å². The fourth-order valence-electron chi connectivity index (χ4n) is 3.09. The van der Waals surface area contributed by atoms with Crippen molar-refractivity contribution in [2.24, 2.45) is 0 Å². The van der Waals surface area contributed by atoms with Crippen LogP contribution in [-0.2, 0) is 0 Å². The van der Waals surface area contributed by atoms with Crippen LogP contribution in [0.25, 0.3) is 0 Å². The first-order valence-electron chi connectivity index (χ1n) is 7.98. The maximum atomic E-state index is 12.6. The molecule has 0 spiro atoms. The Bertz CT molecular complexity index is 688. The molecule has 3 heterocycles. The summed E-state index contributed by atoms with van der Waals surface area (Å²) in [6.07, 6.45) is 4.53. The van der Waals surface area contributed by atoms with E-state index in [9.17, 15) is 4.79 Å². The summed E-state index contributed by atoms with van der Waals surface area (Å²) in [5.74, 6) is 2.94. The lowest BCUT2D eigenvalue weighted by molar-refractivity contribution is 0.0709. The van der Waals surface area contributed by atoms with Crippen LogP contribution < -0.4 is 0 Å². The van der Waals surface area contributed by atoms with Crippen molar-refractivity contribution >= 4 is 17.2 Å². The van der Waals surface area contributed by atoms with Gasteiger partial charge in [-0.25, -0.2) is 4.98 Å². The van der Waals surface area contributed by atoms with Crippen molar-refractivity contribution in [1.29, 1.82) is 0 Å². The molecule has 1 saturated heterocycles. The highest BCUT2D eigenvalue weighted by atomic mass is 32.1. The van der Waals surface area contributed by atoms with E-state index in [0.29, 0.717) is 5.92 Å². The number of hydrogen-bond acceptors (Lipinski definition) is 4. The van der Waals surface area contributed by atoms with Crippen LogP contribution in [0.4, 0.5) is 0 Å². The first-order chi connectivity index (χ1) is 10.7. The molecule has 0 unspecified atom stereocenters. The minimum atomic E-state index is 0.153. The number of carbonyl (C=O) groups is 1. The number of aromatic amines is 1. The number of aromatic nitrogens is 3. The minimum Gasteiger partial charge on any atom is -0.337 e. The number of nitrogens with one attached hydrogen (secondary N) is 1. The van der Waals surface area contributed by atoms with Gasteiger partial charge in [0.2, 0.25) is 0 Å². The van der Waals surface area contributed by atoms with Gasteiger partial charge in [0.05, 0.1) is 4.88 Å². The summed E-state index contributed by atoms with van der Waals surface area (Å²) in [5.41, 5.74) is 0. The summed E-state index contributed by atoms with van der Waals surface area (Å²) in [6.45, 7) is 3.61. The van der Waals surface area contributed by atoms with Crippen LogP contribution in [-0.4, -0.2) is 39.1 Å². The van der Waals surface area contributed by atoms with Crippen molar-refractivity contribution in [3.8, 4) is 0 Å². The Kier molecular flexibility index (Phi) is 3.48. The van der Waals surface area contributed by atoms with Crippen molar-refractivity contribution in [2.75, 3.05) is 13.1 Å². The Labute approximate surface area is 133 Å². The second kappa shape index (κ2) is 5.50. The topological polar surface area (TPSA) is 61.9 Å². The molecule has 22 heavy (non-hydrogen) atoms. The lowest BCUT2D eigenvalue weighted by Crippen LogP contribution is -2.39. The van der Waals surface area contributed by atoms with E-state index in [1.807, 2.05) is 24.0 Å². The smallest absolute Gasteiger partial charge is 0.263 e. The Morgan fingerprint density at radius 2 is 2.18 bits per heavy atom. The average Bonchev–Trinajstić information content (AvgIpc) is 3.10. The van der Waals surface area contributed by atoms with E-state index in [0.717, 1.165) is 42.5 Å². The second-order valence-corrected chi connectivity index (χ2v) is 7.64. The molecular weight excluding hydrogens is 296 g/mol. The van der Waals surface area contributed by atoms with Gasteiger partial charge < -0.3 is 4.90 Å². The fourth-order valence-corrected chi connectivity index (χ4v) is 3.92. The molecule has 1 amide bonds. The number of amides is 1. The first kappa shape index (κ1) is 13.9. The van der Waals surface area contributed by atoms with E-state index < -0.39 is 0 Å². The van der Waals surface area contributed by atoms with Gasteiger partial charge in [0, 0.05) is 29.8 Å². The zero-order chi connectivity index (χ0) is 15.1. The van der Waals surface area contributed by atoms with Crippen LogP contribution in [0.1, 0.15) is 63.7 Å². The van der Waals surface area contributed by atoms with Gasteiger partial charge in [0.15, 0.2) is 5.82 Å². The molecule has 1 N–H and O–H groups in total. The lowest BCUT2D eigenvalue weighted by atomic mass is 9.97.